The average molecular weight is 214 g/mol. The van der Waals surface area contributed by atoms with E-state index in [1.54, 1.807) is 6.08 Å². The van der Waals surface area contributed by atoms with Gasteiger partial charge in [0, 0.05) is 18.3 Å². The molecule has 16 heavy (non-hydrogen) atoms. The van der Waals surface area contributed by atoms with Gasteiger partial charge in [0.1, 0.15) is 0 Å². The zero-order chi connectivity index (χ0) is 12.0. The highest BCUT2D eigenvalue weighted by molar-refractivity contribution is 5.81. The quantitative estimate of drug-likeness (QED) is 0.714. The van der Waals surface area contributed by atoms with Gasteiger partial charge in [-0.3, -0.25) is 0 Å². The van der Waals surface area contributed by atoms with Gasteiger partial charge < -0.3 is 10.3 Å². The maximum atomic E-state index is 3.84. The predicted molar refractivity (Wildman–Crippen MR) is 74.4 cm³/mol. The molecule has 1 heterocycles. The van der Waals surface area contributed by atoms with Crippen molar-refractivity contribution in [3.63, 3.8) is 0 Å². The largest absolute Gasteiger partial charge is 0.386 e. The molecule has 0 aromatic carbocycles. The molecule has 0 aliphatic carbocycles. The Morgan fingerprint density at radius 2 is 1.94 bits per heavy atom. The molecule has 0 unspecified atom stereocenters. The molecule has 1 rings (SSSR count). The van der Waals surface area contributed by atoms with Crippen LogP contribution >= 0.6 is 0 Å². The van der Waals surface area contributed by atoms with Crippen LogP contribution in [0.4, 0.5) is 5.69 Å². The first-order valence-corrected chi connectivity index (χ1v) is 5.26. The van der Waals surface area contributed by atoms with E-state index in [2.05, 4.69) is 23.5 Å². The van der Waals surface area contributed by atoms with E-state index in [9.17, 15) is 0 Å². The minimum absolute atomic E-state index is 1.03. The third-order valence-corrected chi connectivity index (χ3v) is 2.28. The van der Waals surface area contributed by atoms with Crippen molar-refractivity contribution in [2.75, 3.05) is 12.4 Å². The van der Waals surface area contributed by atoms with Crippen LogP contribution in [0.25, 0.3) is 18.2 Å². The Morgan fingerprint density at radius 1 is 1.19 bits per heavy atom. The number of anilines is 1. The van der Waals surface area contributed by atoms with Crippen molar-refractivity contribution < 1.29 is 0 Å². The number of hydrogen-bond acceptors (Lipinski definition) is 1. The summed E-state index contributed by atoms with van der Waals surface area (Å²) in [5.74, 6) is 0. The Hall–Kier alpha value is -1.96. The standard InChI is InChI=1S/C14H18N2/c1-5-8-10-12-11(7-3)14(15-4)13(16-12)9-6-2/h5-10,15-16H,1,3H2,2,4H3/b9-6-,10-8-. The van der Waals surface area contributed by atoms with Gasteiger partial charge >= 0.3 is 0 Å². The fraction of sp³-hybridized carbons (Fsp3) is 0.143. The van der Waals surface area contributed by atoms with Crippen molar-refractivity contribution in [3.8, 4) is 0 Å². The molecule has 84 valence electrons. The van der Waals surface area contributed by atoms with Crippen molar-refractivity contribution in [3.05, 3.63) is 48.3 Å². The molecule has 0 fully saturated rings. The number of rotatable bonds is 5. The molecule has 1 aromatic rings. The van der Waals surface area contributed by atoms with E-state index in [4.69, 9.17) is 0 Å². The van der Waals surface area contributed by atoms with Gasteiger partial charge in [0.25, 0.3) is 0 Å². The lowest BCUT2D eigenvalue weighted by Gasteiger charge is -2.00. The summed E-state index contributed by atoms with van der Waals surface area (Å²) < 4.78 is 0. The number of aromatic amines is 1. The van der Waals surface area contributed by atoms with Gasteiger partial charge in [0.15, 0.2) is 0 Å². The van der Waals surface area contributed by atoms with E-state index >= 15 is 0 Å². The predicted octanol–water partition coefficient (Wildman–Crippen LogP) is 3.93. The summed E-state index contributed by atoms with van der Waals surface area (Å²) in [4.78, 5) is 3.33. The first-order valence-electron chi connectivity index (χ1n) is 5.26. The summed E-state index contributed by atoms with van der Waals surface area (Å²) >= 11 is 0. The summed E-state index contributed by atoms with van der Waals surface area (Å²) in [7, 11) is 1.91. The highest BCUT2D eigenvalue weighted by atomic mass is 14.9. The minimum Gasteiger partial charge on any atom is -0.386 e. The van der Waals surface area contributed by atoms with Crippen LogP contribution in [-0.2, 0) is 0 Å². The third-order valence-electron chi connectivity index (χ3n) is 2.28. The molecular weight excluding hydrogens is 196 g/mol. The van der Waals surface area contributed by atoms with E-state index in [-0.39, 0.29) is 0 Å². The Kier molecular flexibility index (Phi) is 4.40. The Balaban J connectivity index is 3.33. The molecule has 1 aromatic heterocycles. The van der Waals surface area contributed by atoms with E-state index in [1.807, 2.05) is 44.4 Å². The van der Waals surface area contributed by atoms with Gasteiger partial charge in [-0.25, -0.2) is 0 Å². The maximum Gasteiger partial charge on any atom is 0.0671 e. The van der Waals surface area contributed by atoms with Crippen molar-refractivity contribution in [1.82, 2.24) is 4.98 Å². The smallest absolute Gasteiger partial charge is 0.0671 e. The van der Waals surface area contributed by atoms with E-state index in [0.717, 1.165) is 22.6 Å². The van der Waals surface area contributed by atoms with Crippen LogP contribution in [0.1, 0.15) is 23.9 Å². The molecule has 0 radical (unpaired) electrons. The second-order valence-corrected chi connectivity index (χ2v) is 3.29. The van der Waals surface area contributed by atoms with Crippen molar-refractivity contribution in [2.24, 2.45) is 0 Å². The minimum atomic E-state index is 1.03. The lowest BCUT2D eigenvalue weighted by molar-refractivity contribution is 1.33. The number of allylic oxidation sites excluding steroid dienone is 3. The second-order valence-electron chi connectivity index (χ2n) is 3.29. The van der Waals surface area contributed by atoms with Gasteiger partial charge in [-0.2, -0.15) is 0 Å². The molecule has 0 amide bonds. The van der Waals surface area contributed by atoms with Crippen molar-refractivity contribution >= 4 is 23.9 Å². The number of aromatic nitrogens is 1. The molecule has 0 saturated carbocycles. The molecule has 2 N–H and O–H groups in total. The monoisotopic (exact) mass is 214 g/mol. The lowest BCUT2D eigenvalue weighted by atomic mass is 10.1. The third kappa shape index (κ3) is 2.34. The fourth-order valence-corrected chi connectivity index (χ4v) is 1.62. The zero-order valence-corrected chi connectivity index (χ0v) is 9.88. The van der Waals surface area contributed by atoms with Crippen LogP contribution in [0, 0.1) is 0 Å². The Labute approximate surface area is 97.1 Å². The Morgan fingerprint density at radius 3 is 2.44 bits per heavy atom. The summed E-state index contributed by atoms with van der Waals surface area (Å²) in [6.45, 7) is 9.49. The topological polar surface area (TPSA) is 27.8 Å². The summed E-state index contributed by atoms with van der Waals surface area (Å²) in [6, 6.07) is 0. The molecule has 0 bridgehead atoms. The van der Waals surface area contributed by atoms with Gasteiger partial charge in [0.05, 0.1) is 11.4 Å². The van der Waals surface area contributed by atoms with Crippen LogP contribution in [0.15, 0.2) is 31.4 Å². The van der Waals surface area contributed by atoms with Gasteiger partial charge in [-0.05, 0) is 19.1 Å². The normalized spacial score (nSPS) is 11.1. The molecule has 0 aliphatic rings. The number of nitrogens with one attached hydrogen (secondary N) is 2. The van der Waals surface area contributed by atoms with Crippen LogP contribution in [0.5, 0.6) is 0 Å². The first-order chi connectivity index (χ1) is 7.78. The van der Waals surface area contributed by atoms with Crippen LogP contribution in [0.2, 0.25) is 0 Å². The van der Waals surface area contributed by atoms with E-state index in [0.29, 0.717) is 0 Å². The highest BCUT2D eigenvalue weighted by Crippen LogP contribution is 2.27. The van der Waals surface area contributed by atoms with Crippen molar-refractivity contribution in [2.45, 2.75) is 6.92 Å². The summed E-state index contributed by atoms with van der Waals surface area (Å²) in [5.41, 5.74) is 4.24. The SMILES string of the molecule is C=C/C=C\c1[nH]c(/C=C\C)c(NC)c1C=C. The Bertz CT molecular complexity index is 434. The molecular formula is C14H18N2. The average Bonchev–Trinajstić information content (AvgIpc) is 2.63. The van der Waals surface area contributed by atoms with Crippen molar-refractivity contribution in [1.29, 1.82) is 0 Å². The van der Waals surface area contributed by atoms with E-state index in [1.165, 1.54) is 0 Å². The summed E-state index contributed by atoms with van der Waals surface area (Å²) in [5, 5.41) is 3.18. The van der Waals surface area contributed by atoms with Crippen LogP contribution in [0.3, 0.4) is 0 Å². The van der Waals surface area contributed by atoms with Crippen LogP contribution < -0.4 is 5.32 Å². The summed E-state index contributed by atoms with van der Waals surface area (Å²) in [6.07, 6.45) is 11.5. The highest BCUT2D eigenvalue weighted by Gasteiger charge is 2.09. The zero-order valence-electron chi connectivity index (χ0n) is 9.88. The van der Waals surface area contributed by atoms with Gasteiger partial charge in [0.2, 0.25) is 0 Å². The van der Waals surface area contributed by atoms with Gasteiger partial charge in [-0.15, -0.1) is 0 Å². The lowest BCUT2D eigenvalue weighted by Crippen LogP contribution is -1.90. The molecule has 2 nitrogen and oxygen atoms in total. The van der Waals surface area contributed by atoms with E-state index < -0.39 is 0 Å². The number of H-pyrrole nitrogens is 1. The molecule has 2 heteroatoms. The second kappa shape index (κ2) is 5.81. The molecule has 0 aliphatic heterocycles. The molecule has 0 spiro atoms. The first kappa shape index (κ1) is 12.1. The number of hydrogen-bond donors (Lipinski definition) is 2. The van der Waals surface area contributed by atoms with Gasteiger partial charge in [-0.1, -0.05) is 37.5 Å². The maximum absolute atomic E-state index is 3.84. The molecule has 0 atom stereocenters. The fourth-order valence-electron chi connectivity index (χ4n) is 1.62. The van der Waals surface area contributed by atoms with Crippen LogP contribution in [-0.4, -0.2) is 12.0 Å². The molecule has 0 saturated heterocycles.